The number of aromatic hydroxyl groups is 1. The first-order valence-electron chi connectivity index (χ1n) is 9.80. The normalized spacial score (nSPS) is 11.3. The number of carbonyl (C=O) groups is 3. The zero-order chi connectivity index (χ0) is 23.1. The SMILES string of the molecule is COC(=O)[C@H](Cc1ccccc1)NC(=O)c1ccc(NC(=O)c2ccc(N)cc2)cc1O. The van der Waals surface area contributed by atoms with Crippen LogP contribution in [0.5, 0.6) is 5.75 Å². The number of anilines is 2. The van der Waals surface area contributed by atoms with Gasteiger partial charge in [0.25, 0.3) is 11.8 Å². The predicted octanol–water partition coefficient (Wildman–Crippen LogP) is 2.74. The lowest BCUT2D eigenvalue weighted by Gasteiger charge is -2.17. The Morgan fingerprint density at radius 1 is 0.969 bits per heavy atom. The number of nitrogens with one attached hydrogen (secondary N) is 2. The van der Waals surface area contributed by atoms with E-state index in [4.69, 9.17) is 10.5 Å². The van der Waals surface area contributed by atoms with Gasteiger partial charge >= 0.3 is 5.97 Å². The number of rotatable bonds is 7. The van der Waals surface area contributed by atoms with Crippen molar-refractivity contribution in [1.29, 1.82) is 0 Å². The number of amides is 2. The molecule has 8 heteroatoms. The minimum atomic E-state index is -0.931. The van der Waals surface area contributed by atoms with Crippen molar-refractivity contribution in [3.63, 3.8) is 0 Å². The Bertz CT molecular complexity index is 1110. The quantitative estimate of drug-likeness (QED) is 0.335. The first-order valence-corrected chi connectivity index (χ1v) is 9.80. The van der Waals surface area contributed by atoms with Gasteiger partial charge in [0.1, 0.15) is 11.8 Å². The number of hydrogen-bond acceptors (Lipinski definition) is 6. The summed E-state index contributed by atoms with van der Waals surface area (Å²) in [5.74, 6) is -1.99. The van der Waals surface area contributed by atoms with Crippen molar-refractivity contribution in [2.45, 2.75) is 12.5 Å². The molecule has 3 aromatic carbocycles. The molecule has 8 nitrogen and oxygen atoms in total. The van der Waals surface area contributed by atoms with E-state index in [-0.39, 0.29) is 17.7 Å². The van der Waals surface area contributed by atoms with Crippen molar-refractivity contribution in [3.8, 4) is 5.75 Å². The Hall–Kier alpha value is -4.33. The molecule has 0 heterocycles. The molecule has 0 aromatic heterocycles. The van der Waals surface area contributed by atoms with Crippen LogP contribution in [0.1, 0.15) is 26.3 Å². The minimum Gasteiger partial charge on any atom is -0.507 e. The Morgan fingerprint density at radius 3 is 2.28 bits per heavy atom. The first-order chi connectivity index (χ1) is 15.4. The van der Waals surface area contributed by atoms with Crippen molar-refractivity contribution in [1.82, 2.24) is 5.32 Å². The molecule has 3 rings (SSSR count). The molecule has 164 valence electrons. The average molecular weight is 433 g/mol. The van der Waals surface area contributed by atoms with Crippen LogP contribution in [-0.4, -0.2) is 36.0 Å². The summed E-state index contributed by atoms with van der Waals surface area (Å²) in [6, 6.07) is 18.7. The highest BCUT2D eigenvalue weighted by Crippen LogP contribution is 2.23. The molecule has 0 saturated carbocycles. The Balaban J connectivity index is 1.71. The van der Waals surface area contributed by atoms with E-state index in [1.807, 2.05) is 30.3 Å². The average Bonchev–Trinajstić information content (AvgIpc) is 2.79. The van der Waals surface area contributed by atoms with Crippen LogP contribution in [0, 0.1) is 0 Å². The zero-order valence-corrected chi connectivity index (χ0v) is 17.4. The number of ether oxygens (including phenoxy) is 1. The first kappa shape index (κ1) is 22.4. The molecule has 2 amide bonds. The smallest absolute Gasteiger partial charge is 0.328 e. The number of methoxy groups -OCH3 is 1. The summed E-state index contributed by atoms with van der Waals surface area (Å²) < 4.78 is 4.79. The highest BCUT2D eigenvalue weighted by atomic mass is 16.5. The van der Waals surface area contributed by atoms with E-state index in [0.29, 0.717) is 16.9 Å². The van der Waals surface area contributed by atoms with Crippen molar-refractivity contribution < 1.29 is 24.2 Å². The maximum absolute atomic E-state index is 12.7. The molecule has 0 aliphatic carbocycles. The van der Waals surface area contributed by atoms with E-state index in [9.17, 15) is 19.5 Å². The predicted molar refractivity (Wildman–Crippen MR) is 120 cm³/mol. The fourth-order valence-corrected chi connectivity index (χ4v) is 3.06. The van der Waals surface area contributed by atoms with E-state index in [1.165, 1.54) is 25.3 Å². The van der Waals surface area contributed by atoms with Gasteiger partial charge in [-0.1, -0.05) is 30.3 Å². The third-order valence-corrected chi connectivity index (χ3v) is 4.75. The highest BCUT2D eigenvalue weighted by molar-refractivity contribution is 6.05. The fraction of sp³-hybridized carbons (Fsp3) is 0.125. The molecule has 0 radical (unpaired) electrons. The van der Waals surface area contributed by atoms with Gasteiger partial charge in [-0.2, -0.15) is 0 Å². The van der Waals surface area contributed by atoms with Gasteiger partial charge in [0.15, 0.2) is 0 Å². The Kier molecular flexibility index (Phi) is 7.07. The lowest BCUT2D eigenvalue weighted by Crippen LogP contribution is -2.43. The van der Waals surface area contributed by atoms with Crippen LogP contribution >= 0.6 is 0 Å². The van der Waals surface area contributed by atoms with Crippen molar-refractivity contribution in [3.05, 3.63) is 89.5 Å². The Morgan fingerprint density at radius 2 is 1.66 bits per heavy atom. The number of hydrogen-bond donors (Lipinski definition) is 4. The van der Waals surface area contributed by atoms with E-state index >= 15 is 0 Å². The number of phenolic OH excluding ortho intramolecular Hbond substituents is 1. The van der Waals surface area contributed by atoms with Crippen LogP contribution in [-0.2, 0) is 16.0 Å². The third-order valence-electron chi connectivity index (χ3n) is 4.75. The minimum absolute atomic E-state index is 0.0440. The summed E-state index contributed by atoms with van der Waals surface area (Å²) in [5, 5.41) is 15.6. The van der Waals surface area contributed by atoms with E-state index in [2.05, 4.69) is 10.6 Å². The van der Waals surface area contributed by atoms with Crippen LogP contribution in [0.25, 0.3) is 0 Å². The van der Waals surface area contributed by atoms with E-state index < -0.39 is 23.8 Å². The second-order valence-corrected chi connectivity index (χ2v) is 7.05. The summed E-state index contributed by atoms with van der Waals surface area (Å²) in [4.78, 5) is 37.2. The summed E-state index contributed by atoms with van der Waals surface area (Å²) in [7, 11) is 1.24. The third kappa shape index (κ3) is 5.63. The van der Waals surface area contributed by atoms with Gasteiger partial charge in [-0.05, 0) is 42.0 Å². The molecular weight excluding hydrogens is 410 g/mol. The molecule has 32 heavy (non-hydrogen) atoms. The molecule has 1 atom stereocenters. The van der Waals surface area contributed by atoms with Crippen molar-refractivity contribution in [2.75, 3.05) is 18.2 Å². The van der Waals surface area contributed by atoms with Gasteiger partial charge in [-0.3, -0.25) is 9.59 Å². The van der Waals surface area contributed by atoms with E-state index in [0.717, 1.165) is 5.56 Å². The molecule has 0 fully saturated rings. The van der Waals surface area contributed by atoms with Crippen LogP contribution < -0.4 is 16.4 Å². The molecule has 0 spiro atoms. The lowest BCUT2D eigenvalue weighted by molar-refractivity contribution is -0.142. The van der Waals surface area contributed by atoms with Gasteiger partial charge in [-0.25, -0.2) is 4.79 Å². The standard InChI is InChI=1S/C24H23N3O5/c1-32-24(31)20(13-15-5-3-2-4-6-15)27-23(30)19-12-11-18(14-21(19)28)26-22(29)16-7-9-17(25)10-8-16/h2-12,14,20,28H,13,25H2,1H3,(H,26,29)(H,27,30)/t20-/m0/s1. The zero-order valence-electron chi connectivity index (χ0n) is 17.4. The second-order valence-electron chi connectivity index (χ2n) is 7.05. The van der Waals surface area contributed by atoms with Gasteiger partial charge < -0.3 is 26.2 Å². The van der Waals surface area contributed by atoms with Gasteiger partial charge in [0.2, 0.25) is 0 Å². The molecule has 3 aromatic rings. The van der Waals surface area contributed by atoms with Crippen molar-refractivity contribution >= 4 is 29.2 Å². The molecule has 0 bridgehead atoms. The fourth-order valence-electron chi connectivity index (χ4n) is 3.06. The van der Waals surface area contributed by atoms with Crippen LogP contribution in [0.4, 0.5) is 11.4 Å². The van der Waals surface area contributed by atoms with Gasteiger partial charge in [0, 0.05) is 29.4 Å². The number of benzene rings is 3. The summed E-state index contributed by atoms with van der Waals surface area (Å²) in [5.41, 5.74) is 7.64. The lowest BCUT2D eigenvalue weighted by atomic mass is 10.1. The van der Waals surface area contributed by atoms with Crippen molar-refractivity contribution in [2.24, 2.45) is 0 Å². The van der Waals surface area contributed by atoms with Gasteiger partial charge in [0.05, 0.1) is 12.7 Å². The number of phenols is 1. The van der Waals surface area contributed by atoms with Crippen LogP contribution in [0.2, 0.25) is 0 Å². The maximum Gasteiger partial charge on any atom is 0.328 e. The topological polar surface area (TPSA) is 131 Å². The second kappa shape index (κ2) is 10.1. The van der Waals surface area contributed by atoms with Gasteiger partial charge in [-0.15, -0.1) is 0 Å². The molecule has 0 saturated heterocycles. The highest BCUT2D eigenvalue weighted by Gasteiger charge is 2.24. The molecule has 0 aliphatic heterocycles. The maximum atomic E-state index is 12.7. The molecule has 0 unspecified atom stereocenters. The molecule has 0 aliphatic rings. The van der Waals surface area contributed by atoms with Crippen LogP contribution in [0.15, 0.2) is 72.8 Å². The number of nitrogen functional groups attached to an aromatic ring is 1. The summed E-state index contributed by atoms with van der Waals surface area (Å²) in [6.07, 6.45) is 0.232. The number of carbonyl (C=O) groups excluding carboxylic acids is 3. The largest absolute Gasteiger partial charge is 0.507 e. The number of nitrogens with two attached hydrogens (primary N) is 1. The van der Waals surface area contributed by atoms with E-state index in [1.54, 1.807) is 24.3 Å². The van der Waals surface area contributed by atoms with Crippen LogP contribution in [0.3, 0.4) is 0 Å². The summed E-state index contributed by atoms with van der Waals surface area (Å²) in [6.45, 7) is 0. The summed E-state index contributed by atoms with van der Waals surface area (Å²) >= 11 is 0. The molecule has 5 N–H and O–H groups in total. The monoisotopic (exact) mass is 433 g/mol. The Labute approximate surface area is 185 Å². The molecular formula is C24H23N3O5. The number of esters is 1.